The number of aryl methyl sites for hydroxylation is 1. The number of hydrogen-bond donors (Lipinski definition) is 1. The molecule has 0 heterocycles. The minimum absolute atomic E-state index is 0.197. The first-order valence-corrected chi connectivity index (χ1v) is 10.4. The normalized spacial score (nSPS) is 11.9. The van der Waals surface area contributed by atoms with E-state index in [-0.39, 0.29) is 10.8 Å². The van der Waals surface area contributed by atoms with Gasteiger partial charge >= 0.3 is 0 Å². The summed E-state index contributed by atoms with van der Waals surface area (Å²) in [6.45, 7) is 6.10. The molecule has 144 valence electrons. The number of sulfonamides is 1. The van der Waals surface area contributed by atoms with Gasteiger partial charge in [0.2, 0.25) is 15.9 Å². The second-order valence-electron chi connectivity index (χ2n) is 5.95. The molecule has 2 rings (SSSR count). The Bertz CT molecular complexity index is 951. The molecule has 0 spiro atoms. The second kappa shape index (κ2) is 9.17. The molecule has 2 aromatic rings. The maximum atomic E-state index is 12.8. The van der Waals surface area contributed by atoms with E-state index in [4.69, 9.17) is 11.6 Å². The summed E-state index contributed by atoms with van der Waals surface area (Å²) in [6.07, 6.45) is 3.02. The number of nitrogens with zero attached hydrogens (tertiary/aromatic N) is 1. The Morgan fingerprint density at radius 1 is 1.15 bits per heavy atom. The number of hydrogen-bond acceptors (Lipinski definition) is 3. The SMILES string of the molecule is CCN(CC)S(=O)(=O)c1cc(NC(=O)/C=C/c2cccc(Cl)c2)ccc1C. The van der Waals surface area contributed by atoms with E-state index >= 15 is 0 Å². The van der Waals surface area contributed by atoms with Gasteiger partial charge in [-0.25, -0.2) is 8.42 Å². The molecule has 0 fully saturated rings. The van der Waals surface area contributed by atoms with Gasteiger partial charge in [-0.2, -0.15) is 4.31 Å². The van der Waals surface area contributed by atoms with E-state index < -0.39 is 10.0 Å². The van der Waals surface area contributed by atoms with Gasteiger partial charge in [-0.1, -0.05) is 43.6 Å². The van der Waals surface area contributed by atoms with Crippen molar-refractivity contribution in [2.24, 2.45) is 0 Å². The third-order valence-electron chi connectivity index (χ3n) is 4.05. The van der Waals surface area contributed by atoms with Crippen molar-refractivity contribution in [3.8, 4) is 0 Å². The van der Waals surface area contributed by atoms with Crippen LogP contribution in [-0.2, 0) is 14.8 Å². The van der Waals surface area contributed by atoms with Crippen molar-refractivity contribution in [3.63, 3.8) is 0 Å². The molecule has 0 atom stereocenters. The quantitative estimate of drug-likeness (QED) is 0.696. The summed E-state index contributed by atoms with van der Waals surface area (Å²) in [5.41, 5.74) is 1.85. The Morgan fingerprint density at radius 3 is 2.48 bits per heavy atom. The predicted molar refractivity (Wildman–Crippen MR) is 110 cm³/mol. The molecule has 0 aliphatic carbocycles. The molecular formula is C20H23ClN2O3S. The molecular weight excluding hydrogens is 384 g/mol. The molecule has 7 heteroatoms. The largest absolute Gasteiger partial charge is 0.322 e. The zero-order chi connectivity index (χ0) is 20.0. The van der Waals surface area contributed by atoms with Crippen LogP contribution in [0.3, 0.4) is 0 Å². The van der Waals surface area contributed by atoms with Gasteiger partial charge in [-0.15, -0.1) is 0 Å². The smallest absolute Gasteiger partial charge is 0.248 e. The highest BCUT2D eigenvalue weighted by Gasteiger charge is 2.23. The van der Waals surface area contributed by atoms with Gasteiger partial charge < -0.3 is 5.32 Å². The average molecular weight is 407 g/mol. The van der Waals surface area contributed by atoms with Crippen molar-refractivity contribution >= 4 is 39.3 Å². The molecule has 1 N–H and O–H groups in total. The molecule has 27 heavy (non-hydrogen) atoms. The number of halogens is 1. The van der Waals surface area contributed by atoms with Gasteiger partial charge in [0.15, 0.2) is 0 Å². The van der Waals surface area contributed by atoms with Crippen LogP contribution in [-0.4, -0.2) is 31.7 Å². The van der Waals surface area contributed by atoms with E-state index in [0.717, 1.165) is 5.56 Å². The summed E-state index contributed by atoms with van der Waals surface area (Å²) in [5.74, 6) is -0.356. The maximum Gasteiger partial charge on any atom is 0.248 e. The van der Waals surface area contributed by atoms with Crippen LogP contribution in [0, 0.1) is 6.92 Å². The fraction of sp³-hybridized carbons (Fsp3) is 0.250. The zero-order valence-electron chi connectivity index (χ0n) is 15.6. The molecule has 0 aromatic heterocycles. The molecule has 0 bridgehead atoms. The number of carbonyl (C=O) groups is 1. The highest BCUT2D eigenvalue weighted by Crippen LogP contribution is 2.23. The van der Waals surface area contributed by atoms with E-state index in [1.165, 1.54) is 16.4 Å². The van der Waals surface area contributed by atoms with E-state index in [9.17, 15) is 13.2 Å². The first-order valence-electron chi connectivity index (χ1n) is 8.63. The van der Waals surface area contributed by atoms with Crippen molar-refractivity contribution in [2.45, 2.75) is 25.7 Å². The number of rotatable bonds is 7. The molecule has 0 aliphatic rings. The molecule has 0 saturated carbocycles. The Kier molecular flexibility index (Phi) is 7.18. The van der Waals surface area contributed by atoms with Gasteiger partial charge in [-0.3, -0.25) is 4.79 Å². The third kappa shape index (κ3) is 5.42. The third-order valence-corrected chi connectivity index (χ3v) is 6.48. The second-order valence-corrected chi connectivity index (χ2v) is 8.29. The van der Waals surface area contributed by atoms with Crippen LogP contribution < -0.4 is 5.32 Å². The van der Waals surface area contributed by atoms with Crippen LogP contribution >= 0.6 is 11.6 Å². The lowest BCUT2D eigenvalue weighted by atomic mass is 10.2. The Balaban J connectivity index is 2.21. The molecule has 1 amide bonds. The van der Waals surface area contributed by atoms with Gasteiger partial charge in [-0.05, 0) is 48.4 Å². The summed E-state index contributed by atoms with van der Waals surface area (Å²) in [6, 6.07) is 12.0. The number of anilines is 1. The van der Waals surface area contributed by atoms with E-state index in [1.54, 1.807) is 57.2 Å². The fourth-order valence-electron chi connectivity index (χ4n) is 2.62. The van der Waals surface area contributed by atoms with E-state index in [2.05, 4.69) is 5.32 Å². The minimum atomic E-state index is -3.60. The van der Waals surface area contributed by atoms with Crippen molar-refractivity contribution in [1.82, 2.24) is 4.31 Å². The maximum absolute atomic E-state index is 12.8. The van der Waals surface area contributed by atoms with Crippen molar-refractivity contribution < 1.29 is 13.2 Å². The Labute approximate surface area is 165 Å². The molecule has 5 nitrogen and oxygen atoms in total. The molecule has 0 radical (unpaired) electrons. The molecule has 0 saturated heterocycles. The number of benzene rings is 2. The highest BCUT2D eigenvalue weighted by molar-refractivity contribution is 7.89. The van der Waals surface area contributed by atoms with E-state index in [1.807, 2.05) is 6.07 Å². The lowest BCUT2D eigenvalue weighted by Crippen LogP contribution is -2.31. The Morgan fingerprint density at radius 2 is 1.85 bits per heavy atom. The van der Waals surface area contributed by atoms with Crippen LogP contribution in [0.15, 0.2) is 53.4 Å². The minimum Gasteiger partial charge on any atom is -0.322 e. The highest BCUT2D eigenvalue weighted by atomic mass is 35.5. The lowest BCUT2D eigenvalue weighted by Gasteiger charge is -2.20. The van der Waals surface area contributed by atoms with Crippen molar-refractivity contribution in [1.29, 1.82) is 0 Å². The van der Waals surface area contributed by atoms with Crippen LogP contribution in [0.5, 0.6) is 0 Å². The Hall–Kier alpha value is -2.15. The van der Waals surface area contributed by atoms with Crippen LogP contribution in [0.4, 0.5) is 5.69 Å². The van der Waals surface area contributed by atoms with Gasteiger partial charge in [0, 0.05) is 29.9 Å². The fourth-order valence-corrected chi connectivity index (χ4v) is 4.53. The van der Waals surface area contributed by atoms with Gasteiger partial charge in [0.05, 0.1) is 4.90 Å². The summed E-state index contributed by atoms with van der Waals surface area (Å²) >= 11 is 5.92. The number of nitrogens with one attached hydrogen (secondary N) is 1. The summed E-state index contributed by atoms with van der Waals surface area (Å²) in [4.78, 5) is 12.4. The van der Waals surface area contributed by atoms with Crippen molar-refractivity contribution in [3.05, 3.63) is 64.7 Å². The van der Waals surface area contributed by atoms with Crippen LogP contribution in [0.2, 0.25) is 5.02 Å². The van der Waals surface area contributed by atoms with Crippen LogP contribution in [0.1, 0.15) is 25.0 Å². The van der Waals surface area contributed by atoms with Gasteiger partial charge in [0.25, 0.3) is 0 Å². The molecule has 0 aliphatic heterocycles. The van der Waals surface area contributed by atoms with Crippen molar-refractivity contribution in [2.75, 3.05) is 18.4 Å². The summed E-state index contributed by atoms with van der Waals surface area (Å²) in [5, 5.41) is 3.29. The van der Waals surface area contributed by atoms with Gasteiger partial charge in [0.1, 0.15) is 0 Å². The monoisotopic (exact) mass is 406 g/mol. The predicted octanol–water partition coefficient (Wildman–Crippen LogP) is 4.33. The molecule has 0 unspecified atom stereocenters. The van der Waals surface area contributed by atoms with Crippen LogP contribution in [0.25, 0.3) is 6.08 Å². The first-order chi connectivity index (χ1) is 12.8. The first kappa shape index (κ1) is 21.2. The molecule has 2 aromatic carbocycles. The number of amides is 1. The summed E-state index contributed by atoms with van der Waals surface area (Å²) < 4.78 is 27.0. The lowest BCUT2D eigenvalue weighted by molar-refractivity contribution is -0.111. The van der Waals surface area contributed by atoms with E-state index in [0.29, 0.717) is 29.4 Å². The standard InChI is InChI=1S/C20H23ClN2O3S/c1-4-23(5-2)27(25,26)19-14-18(11-9-15(19)3)22-20(24)12-10-16-7-6-8-17(21)13-16/h6-14H,4-5H2,1-3H3,(H,22,24)/b12-10+. The number of carbonyl (C=O) groups excluding carboxylic acids is 1. The zero-order valence-corrected chi connectivity index (χ0v) is 17.1. The topological polar surface area (TPSA) is 66.5 Å². The average Bonchev–Trinajstić information content (AvgIpc) is 2.62. The summed E-state index contributed by atoms with van der Waals surface area (Å²) in [7, 11) is -3.60.